The number of benzene rings is 1. The highest BCUT2D eigenvalue weighted by Crippen LogP contribution is 2.02. The highest BCUT2D eigenvalue weighted by atomic mass is 16.3. The molecule has 0 aliphatic heterocycles. The van der Waals surface area contributed by atoms with E-state index in [-0.39, 0.29) is 5.56 Å². The van der Waals surface area contributed by atoms with Crippen LogP contribution in [-0.4, -0.2) is 15.3 Å². The first-order chi connectivity index (χ1) is 6.29. The fourth-order valence-electron chi connectivity index (χ4n) is 0.700. The second kappa shape index (κ2) is 4.82. The van der Waals surface area contributed by atoms with Crippen LogP contribution in [0.3, 0.4) is 0 Å². The summed E-state index contributed by atoms with van der Waals surface area (Å²) in [5.74, 6) is 0.322. The number of aromatic amines is 2. The molecule has 1 aromatic carbocycles. The maximum absolute atomic E-state index is 9.98. The van der Waals surface area contributed by atoms with Gasteiger partial charge in [0.25, 0.3) is 5.56 Å². The van der Waals surface area contributed by atoms with Crippen LogP contribution in [0.4, 0.5) is 0 Å². The number of nitrogens with one attached hydrogen (secondary N) is 2. The van der Waals surface area contributed by atoms with Gasteiger partial charge in [0.2, 0.25) is 0 Å². The monoisotopic (exact) mass is 178 g/mol. The van der Waals surface area contributed by atoms with E-state index in [4.69, 9.17) is 5.11 Å². The zero-order valence-electron chi connectivity index (χ0n) is 6.90. The third-order valence-electron chi connectivity index (χ3n) is 1.27. The molecule has 0 saturated heterocycles. The van der Waals surface area contributed by atoms with Gasteiger partial charge in [0.1, 0.15) is 5.75 Å². The fourth-order valence-corrected chi connectivity index (χ4v) is 0.700. The van der Waals surface area contributed by atoms with Gasteiger partial charge in [0.15, 0.2) is 0 Å². The van der Waals surface area contributed by atoms with Crippen molar-refractivity contribution < 1.29 is 5.11 Å². The molecule has 0 fully saturated rings. The normalized spacial score (nSPS) is 8.62. The molecule has 2 rings (SSSR count). The fraction of sp³-hybridized carbons (Fsp3) is 0. The SMILES string of the molecule is O=c1cc[nH][nH]1.Oc1ccccc1. The summed E-state index contributed by atoms with van der Waals surface area (Å²) in [6.07, 6.45) is 1.54. The molecule has 68 valence electrons. The quantitative estimate of drug-likeness (QED) is 0.565. The van der Waals surface area contributed by atoms with E-state index >= 15 is 0 Å². The van der Waals surface area contributed by atoms with E-state index in [1.165, 1.54) is 6.07 Å². The van der Waals surface area contributed by atoms with Gasteiger partial charge in [-0.3, -0.25) is 9.89 Å². The topological polar surface area (TPSA) is 68.9 Å². The Morgan fingerprint density at radius 2 is 1.77 bits per heavy atom. The van der Waals surface area contributed by atoms with Crippen LogP contribution in [0.2, 0.25) is 0 Å². The van der Waals surface area contributed by atoms with Gasteiger partial charge in [0.05, 0.1) is 0 Å². The van der Waals surface area contributed by atoms with Gasteiger partial charge < -0.3 is 10.2 Å². The van der Waals surface area contributed by atoms with Crippen LogP contribution in [-0.2, 0) is 0 Å². The van der Waals surface area contributed by atoms with Crippen molar-refractivity contribution in [2.45, 2.75) is 0 Å². The van der Waals surface area contributed by atoms with E-state index in [1.807, 2.05) is 6.07 Å². The maximum Gasteiger partial charge on any atom is 0.263 e. The maximum atomic E-state index is 9.98. The van der Waals surface area contributed by atoms with Gasteiger partial charge in [-0.25, -0.2) is 0 Å². The number of hydrogen-bond acceptors (Lipinski definition) is 2. The van der Waals surface area contributed by atoms with Crippen molar-refractivity contribution in [3.8, 4) is 5.75 Å². The molecule has 1 heterocycles. The Hall–Kier alpha value is -1.97. The van der Waals surface area contributed by atoms with Crippen LogP contribution in [0.5, 0.6) is 5.75 Å². The Morgan fingerprint density at radius 3 is 2.00 bits per heavy atom. The minimum Gasteiger partial charge on any atom is -0.508 e. The second-order valence-corrected chi connectivity index (χ2v) is 2.30. The van der Waals surface area contributed by atoms with Crippen molar-refractivity contribution in [1.82, 2.24) is 10.2 Å². The molecule has 4 nitrogen and oxygen atoms in total. The summed E-state index contributed by atoms with van der Waals surface area (Å²) < 4.78 is 0. The molecule has 0 saturated carbocycles. The van der Waals surface area contributed by atoms with Crippen LogP contribution in [0.25, 0.3) is 0 Å². The van der Waals surface area contributed by atoms with Crippen molar-refractivity contribution in [2.24, 2.45) is 0 Å². The van der Waals surface area contributed by atoms with Crippen LogP contribution >= 0.6 is 0 Å². The summed E-state index contributed by atoms with van der Waals surface area (Å²) in [7, 11) is 0. The van der Waals surface area contributed by atoms with Gasteiger partial charge >= 0.3 is 0 Å². The van der Waals surface area contributed by atoms with Gasteiger partial charge in [-0.05, 0) is 12.1 Å². The number of H-pyrrole nitrogens is 2. The number of hydrogen-bond donors (Lipinski definition) is 3. The predicted molar refractivity (Wildman–Crippen MR) is 49.5 cm³/mol. The molecular weight excluding hydrogens is 168 g/mol. The molecule has 0 aliphatic carbocycles. The van der Waals surface area contributed by atoms with Crippen molar-refractivity contribution in [1.29, 1.82) is 0 Å². The molecule has 0 bridgehead atoms. The lowest BCUT2D eigenvalue weighted by atomic mass is 10.3. The van der Waals surface area contributed by atoms with E-state index < -0.39 is 0 Å². The summed E-state index contributed by atoms with van der Waals surface area (Å²) in [5, 5.41) is 13.4. The third kappa shape index (κ3) is 3.81. The molecule has 0 atom stereocenters. The first-order valence-electron chi connectivity index (χ1n) is 3.75. The zero-order valence-corrected chi connectivity index (χ0v) is 6.90. The zero-order chi connectivity index (χ0) is 9.52. The van der Waals surface area contributed by atoms with Crippen molar-refractivity contribution in [2.75, 3.05) is 0 Å². The largest absolute Gasteiger partial charge is 0.508 e. The van der Waals surface area contributed by atoms with Gasteiger partial charge in [-0.1, -0.05) is 18.2 Å². The number of phenolic OH excluding ortho intramolecular Hbond substituents is 1. The molecule has 0 radical (unpaired) electrons. The Bertz CT molecular complexity index is 361. The minimum absolute atomic E-state index is 0.0880. The van der Waals surface area contributed by atoms with Gasteiger partial charge in [-0.15, -0.1) is 0 Å². The van der Waals surface area contributed by atoms with E-state index in [0.29, 0.717) is 5.75 Å². The lowest BCUT2D eigenvalue weighted by Crippen LogP contribution is -1.93. The summed E-state index contributed by atoms with van der Waals surface area (Å²) >= 11 is 0. The Labute approximate surface area is 74.8 Å². The summed E-state index contributed by atoms with van der Waals surface area (Å²) in [6, 6.07) is 10.1. The third-order valence-corrected chi connectivity index (χ3v) is 1.27. The smallest absolute Gasteiger partial charge is 0.263 e. The molecule has 0 spiro atoms. The first kappa shape index (κ1) is 9.12. The molecular formula is C9H10N2O2. The minimum atomic E-state index is -0.0880. The van der Waals surface area contributed by atoms with Gasteiger partial charge in [-0.2, -0.15) is 0 Å². The van der Waals surface area contributed by atoms with Crippen molar-refractivity contribution >= 4 is 0 Å². The second-order valence-electron chi connectivity index (χ2n) is 2.30. The lowest BCUT2D eigenvalue weighted by molar-refractivity contribution is 0.475. The molecule has 3 N–H and O–H groups in total. The summed E-state index contributed by atoms with van der Waals surface area (Å²) in [5.41, 5.74) is -0.0880. The Balaban J connectivity index is 0.000000132. The number of phenols is 1. The molecule has 4 heteroatoms. The van der Waals surface area contributed by atoms with Crippen LogP contribution < -0.4 is 5.56 Å². The molecule has 0 amide bonds. The van der Waals surface area contributed by atoms with Crippen LogP contribution in [0, 0.1) is 0 Å². The summed E-state index contributed by atoms with van der Waals surface area (Å²) in [4.78, 5) is 9.98. The highest BCUT2D eigenvalue weighted by Gasteiger charge is 1.74. The van der Waals surface area contributed by atoms with E-state index in [0.717, 1.165) is 0 Å². The molecule has 0 aliphatic rings. The average molecular weight is 178 g/mol. The first-order valence-corrected chi connectivity index (χ1v) is 3.75. The van der Waals surface area contributed by atoms with Crippen molar-refractivity contribution in [3.63, 3.8) is 0 Å². The lowest BCUT2D eigenvalue weighted by Gasteiger charge is -1.82. The molecule has 1 aromatic heterocycles. The highest BCUT2D eigenvalue weighted by molar-refractivity contribution is 5.18. The van der Waals surface area contributed by atoms with Crippen molar-refractivity contribution in [3.05, 3.63) is 52.9 Å². The van der Waals surface area contributed by atoms with Crippen LogP contribution in [0.1, 0.15) is 0 Å². The Kier molecular flexibility index (Phi) is 3.38. The average Bonchev–Trinajstić information content (AvgIpc) is 2.58. The number of para-hydroxylation sites is 1. The predicted octanol–water partition coefficient (Wildman–Crippen LogP) is 1.10. The van der Waals surface area contributed by atoms with E-state index in [2.05, 4.69) is 10.2 Å². The van der Waals surface area contributed by atoms with E-state index in [1.54, 1.807) is 30.5 Å². The number of rotatable bonds is 0. The van der Waals surface area contributed by atoms with Crippen LogP contribution in [0.15, 0.2) is 47.4 Å². The summed E-state index contributed by atoms with van der Waals surface area (Å²) in [6.45, 7) is 0. The Morgan fingerprint density at radius 1 is 1.08 bits per heavy atom. The number of aromatic hydroxyl groups is 1. The number of aromatic nitrogens is 2. The molecule has 2 aromatic rings. The standard InChI is InChI=1S/C6H6O.C3H4N2O/c7-6-4-2-1-3-5-6;6-3-1-2-4-5-3/h1-5,7H;1-2H,(H2,4,5,6). The van der Waals surface area contributed by atoms with Gasteiger partial charge in [0, 0.05) is 12.3 Å². The molecule has 13 heavy (non-hydrogen) atoms. The molecule has 0 unspecified atom stereocenters. The van der Waals surface area contributed by atoms with E-state index in [9.17, 15) is 4.79 Å².